The van der Waals surface area contributed by atoms with E-state index in [1.54, 1.807) is 33.0 Å². The fourth-order valence-electron chi connectivity index (χ4n) is 4.43. The van der Waals surface area contributed by atoms with Gasteiger partial charge in [0, 0.05) is 18.2 Å². The molecular weight excluding hydrogens is 537 g/mol. The standard InChI is InChI=1S/C28H35BF2N4O6/c1-8-28(7,34-25(37)38)15-32-24(36)22-16(2)33-23-21(39-14-18-19(30)10-9-11-20(18)31)12-17(13-35(22)23)29-40-26(3,4)27(5,6)41-29/h9-13,34H,8,14-15H2,1-7H3,(H,32,36)(H,37,38). The Morgan fingerprint density at radius 1 is 1.17 bits per heavy atom. The Balaban J connectivity index is 1.76. The lowest BCUT2D eigenvalue weighted by Crippen LogP contribution is -2.53. The van der Waals surface area contributed by atoms with E-state index < -0.39 is 54.1 Å². The van der Waals surface area contributed by atoms with Gasteiger partial charge in [-0.05, 0) is 66.2 Å². The summed E-state index contributed by atoms with van der Waals surface area (Å²) in [5.74, 6) is -1.85. The third-order valence-electron chi connectivity index (χ3n) is 7.88. The number of amides is 2. The lowest BCUT2D eigenvalue weighted by atomic mass is 9.80. The Labute approximate surface area is 237 Å². The summed E-state index contributed by atoms with van der Waals surface area (Å²) in [4.78, 5) is 29.2. The van der Waals surface area contributed by atoms with Gasteiger partial charge in [0.2, 0.25) is 0 Å². The van der Waals surface area contributed by atoms with Crippen LogP contribution < -0.4 is 20.8 Å². The van der Waals surface area contributed by atoms with Gasteiger partial charge in [0.1, 0.15) is 23.9 Å². The van der Waals surface area contributed by atoms with Crippen LogP contribution in [0.4, 0.5) is 13.6 Å². The van der Waals surface area contributed by atoms with Gasteiger partial charge in [-0.2, -0.15) is 0 Å². The summed E-state index contributed by atoms with van der Waals surface area (Å²) in [5, 5.41) is 14.4. The van der Waals surface area contributed by atoms with Crippen molar-refractivity contribution in [1.29, 1.82) is 0 Å². The molecular formula is C28H35BF2N4O6. The molecule has 2 aromatic heterocycles. The van der Waals surface area contributed by atoms with Crippen molar-refractivity contribution in [1.82, 2.24) is 20.0 Å². The van der Waals surface area contributed by atoms with Gasteiger partial charge in [-0.3, -0.25) is 9.20 Å². The van der Waals surface area contributed by atoms with Crippen molar-refractivity contribution in [3.63, 3.8) is 0 Å². The number of carbonyl (C=O) groups excluding carboxylic acids is 1. The summed E-state index contributed by atoms with van der Waals surface area (Å²) in [7, 11) is -0.835. The summed E-state index contributed by atoms with van der Waals surface area (Å²) < 4.78 is 48.6. The number of halogens is 2. The molecule has 10 nitrogen and oxygen atoms in total. The monoisotopic (exact) mass is 572 g/mol. The van der Waals surface area contributed by atoms with E-state index in [-0.39, 0.29) is 29.2 Å². The van der Waals surface area contributed by atoms with Crippen LogP contribution in [0.3, 0.4) is 0 Å². The topological polar surface area (TPSA) is 123 Å². The van der Waals surface area contributed by atoms with Crippen molar-refractivity contribution in [2.75, 3.05) is 6.54 Å². The highest BCUT2D eigenvalue weighted by Gasteiger charge is 2.52. The van der Waals surface area contributed by atoms with E-state index in [1.165, 1.54) is 10.5 Å². The van der Waals surface area contributed by atoms with Gasteiger partial charge in [0.05, 0.1) is 28.0 Å². The van der Waals surface area contributed by atoms with Crippen molar-refractivity contribution < 1.29 is 37.5 Å². The second-order valence-corrected chi connectivity index (χ2v) is 11.5. The predicted molar refractivity (Wildman–Crippen MR) is 149 cm³/mol. The first-order chi connectivity index (χ1) is 19.1. The smallest absolute Gasteiger partial charge is 0.485 e. The van der Waals surface area contributed by atoms with E-state index >= 15 is 0 Å². The molecule has 220 valence electrons. The van der Waals surface area contributed by atoms with Gasteiger partial charge in [-0.15, -0.1) is 0 Å². The van der Waals surface area contributed by atoms with Crippen LogP contribution in [0.15, 0.2) is 30.5 Å². The maximum Gasteiger partial charge on any atom is 0.496 e. The first kappa shape index (κ1) is 30.3. The number of hydrogen-bond acceptors (Lipinski definition) is 6. The van der Waals surface area contributed by atoms with Crippen molar-refractivity contribution in [2.45, 2.75) is 78.2 Å². The zero-order valence-corrected chi connectivity index (χ0v) is 24.2. The van der Waals surface area contributed by atoms with E-state index in [9.17, 15) is 23.5 Å². The number of rotatable bonds is 9. The van der Waals surface area contributed by atoms with Crippen LogP contribution in [0.1, 0.15) is 69.7 Å². The third kappa shape index (κ3) is 6.01. The molecule has 1 fully saturated rings. The zero-order chi connectivity index (χ0) is 30.3. The maximum atomic E-state index is 14.4. The minimum atomic E-state index is -1.20. The van der Waals surface area contributed by atoms with Gasteiger partial charge in [0.15, 0.2) is 11.4 Å². The number of ether oxygens (including phenoxy) is 1. The molecule has 1 unspecified atom stereocenters. The van der Waals surface area contributed by atoms with Gasteiger partial charge in [-0.1, -0.05) is 13.0 Å². The second-order valence-electron chi connectivity index (χ2n) is 11.5. The number of pyridine rings is 1. The first-order valence-corrected chi connectivity index (χ1v) is 13.3. The first-order valence-electron chi connectivity index (χ1n) is 13.3. The number of aromatic nitrogens is 2. The molecule has 0 bridgehead atoms. The lowest BCUT2D eigenvalue weighted by molar-refractivity contribution is 0.00578. The van der Waals surface area contributed by atoms with Crippen LogP contribution in [0.2, 0.25) is 0 Å². The summed E-state index contributed by atoms with van der Waals surface area (Å²) >= 11 is 0. The Bertz CT molecular complexity index is 1460. The third-order valence-corrected chi connectivity index (χ3v) is 7.88. The number of nitrogens with zero attached hydrogens (tertiary/aromatic N) is 2. The van der Waals surface area contributed by atoms with Gasteiger partial charge in [0.25, 0.3) is 5.91 Å². The quantitative estimate of drug-likeness (QED) is 0.332. The predicted octanol–water partition coefficient (Wildman–Crippen LogP) is 3.97. The number of benzene rings is 1. The van der Waals surface area contributed by atoms with Crippen LogP contribution in [0.5, 0.6) is 5.75 Å². The van der Waals surface area contributed by atoms with Crippen molar-refractivity contribution in [2.24, 2.45) is 0 Å². The number of carboxylic acid groups (broad SMARTS) is 1. The molecule has 0 spiro atoms. The van der Waals surface area contributed by atoms with E-state index in [4.69, 9.17) is 14.0 Å². The molecule has 1 aliphatic rings. The van der Waals surface area contributed by atoms with Gasteiger partial charge < -0.3 is 29.8 Å². The SMILES string of the molecule is CCC(C)(CNC(=O)c1c(C)nc2c(OCc3c(F)cccc3F)cc(B3OC(C)(C)C(C)(C)O3)cn12)NC(=O)O. The minimum Gasteiger partial charge on any atom is -0.485 e. The molecule has 1 aromatic carbocycles. The molecule has 3 heterocycles. The Morgan fingerprint density at radius 3 is 2.34 bits per heavy atom. The molecule has 3 N–H and O–H groups in total. The van der Waals surface area contributed by atoms with E-state index in [0.29, 0.717) is 17.6 Å². The Hall–Kier alpha value is -3.71. The average Bonchev–Trinajstić information content (AvgIpc) is 3.32. The van der Waals surface area contributed by atoms with Crippen LogP contribution >= 0.6 is 0 Å². The molecule has 1 saturated heterocycles. The molecule has 41 heavy (non-hydrogen) atoms. The molecule has 0 radical (unpaired) electrons. The Morgan fingerprint density at radius 2 is 1.78 bits per heavy atom. The number of nitrogens with one attached hydrogen (secondary N) is 2. The van der Waals surface area contributed by atoms with Crippen LogP contribution in [-0.4, -0.2) is 56.9 Å². The zero-order valence-electron chi connectivity index (χ0n) is 24.2. The lowest BCUT2D eigenvalue weighted by Gasteiger charge is -2.32. The molecule has 1 atom stereocenters. The fourth-order valence-corrected chi connectivity index (χ4v) is 4.43. The number of fused-ring (bicyclic) bond motifs is 1. The van der Waals surface area contributed by atoms with Crippen LogP contribution in [0, 0.1) is 18.6 Å². The van der Waals surface area contributed by atoms with Crippen molar-refractivity contribution in [3.8, 4) is 5.75 Å². The highest BCUT2D eigenvalue weighted by Crippen LogP contribution is 2.37. The molecule has 13 heteroatoms. The molecule has 0 saturated carbocycles. The Kier molecular flexibility index (Phi) is 8.07. The molecule has 2 amide bonds. The summed E-state index contributed by atoms with van der Waals surface area (Å²) in [6.07, 6.45) is 0.884. The number of carbonyl (C=O) groups is 2. The van der Waals surface area contributed by atoms with E-state index in [0.717, 1.165) is 12.1 Å². The maximum absolute atomic E-state index is 14.4. The highest BCUT2D eigenvalue weighted by atomic mass is 19.1. The van der Waals surface area contributed by atoms with Crippen molar-refractivity contribution >= 4 is 30.2 Å². The minimum absolute atomic E-state index is 0.0220. The molecule has 0 aliphatic carbocycles. The van der Waals surface area contributed by atoms with Crippen molar-refractivity contribution in [3.05, 3.63) is 59.0 Å². The number of hydrogen-bond donors (Lipinski definition) is 3. The summed E-state index contributed by atoms with van der Waals surface area (Å²) in [6, 6.07) is 5.17. The van der Waals surface area contributed by atoms with E-state index in [1.807, 2.05) is 27.7 Å². The normalized spacial score (nSPS) is 17.3. The molecule has 4 rings (SSSR count). The van der Waals surface area contributed by atoms with Gasteiger partial charge >= 0.3 is 13.2 Å². The summed E-state index contributed by atoms with van der Waals surface area (Å²) in [5.41, 5.74) is -1.19. The number of imidazole rings is 1. The summed E-state index contributed by atoms with van der Waals surface area (Å²) in [6.45, 7) is 12.3. The second kappa shape index (κ2) is 10.9. The van der Waals surface area contributed by atoms with Crippen LogP contribution in [-0.2, 0) is 15.9 Å². The number of aryl methyl sites for hydroxylation is 1. The van der Waals surface area contributed by atoms with Crippen LogP contribution in [0.25, 0.3) is 5.65 Å². The molecule has 3 aromatic rings. The van der Waals surface area contributed by atoms with Gasteiger partial charge in [-0.25, -0.2) is 18.6 Å². The largest absolute Gasteiger partial charge is 0.496 e. The molecule has 1 aliphatic heterocycles. The van der Waals surface area contributed by atoms with E-state index in [2.05, 4.69) is 15.6 Å². The average molecular weight is 572 g/mol. The highest BCUT2D eigenvalue weighted by molar-refractivity contribution is 6.62. The fraction of sp³-hybridized carbons (Fsp3) is 0.464.